The lowest BCUT2D eigenvalue weighted by molar-refractivity contribution is -0.143. The third-order valence-electron chi connectivity index (χ3n) is 4.91. The molecule has 0 bridgehead atoms. The van der Waals surface area contributed by atoms with Crippen LogP contribution in [-0.2, 0) is 14.4 Å². The first-order valence-electron chi connectivity index (χ1n) is 7.28. The molecule has 20 heavy (non-hydrogen) atoms. The van der Waals surface area contributed by atoms with Crippen LogP contribution in [0.2, 0.25) is 0 Å². The highest BCUT2D eigenvalue weighted by atomic mass is 16.2. The highest BCUT2D eigenvalue weighted by Crippen LogP contribution is 2.63. The van der Waals surface area contributed by atoms with Crippen LogP contribution in [0.25, 0.3) is 0 Å². The molecule has 0 radical (unpaired) electrons. The Labute approximate surface area is 118 Å². The van der Waals surface area contributed by atoms with Gasteiger partial charge < -0.3 is 10.2 Å². The lowest BCUT2D eigenvalue weighted by Crippen LogP contribution is -2.47. The van der Waals surface area contributed by atoms with Crippen LogP contribution < -0.4 is 5.32 Å². The number of fused-ring (bicyclic) bond motifs is 1. The van der Waals surface area contributed by atoms with E-state index in [1.165, 1.54) is 4.90 Å². The number of piperazine rings is 1. The predicted octanol–water partition coefficient (Wildman–Crippen LogP) is -0.551. The van der Waals surface area contributed by atoms with E-state index in [0.29, 0.717) is 13.1 Å². The summed E-state index contributed by atoms with van der Waals surface area (Å²) in [7, 11) is 0. The lowest BCUT2D eigenvalue weighted by Gasteiger charge is -2.28. The summed E-state index contributed by atoms with van der Waals surface area (Å²) >= 11 is 0. The highest BCUT2D eigenvalue weighted by Gasteiger charge is 2.72. The molecular weight excluding hydrogens is 258 g/mol. The summed E-state index contributed by atoms with van der Waals surface area (Å²) in [4.78, 5) is 39.4. The van der Waals surface area contributed by atoms with E-state index in [1.807, 2.05) is 13.8 Å². The van der Waals surface area contributed by atoms with Gasteiger partial charge in [-0.25, -0.2) is 0 Å². The molecule has 2 saturated heterocycles. The number of nitrogens with zero attached hydrogens (tertiary/aromatic N) is 2. The van der Waals surface area contributed by atoms with Gasteiger partial charge in [-0.3, -0.25) is 19.3 Å². The SMILES string of the molecule is CC1(C)C2C(=O)N(CCC(=O)N3CCNCC3)C(=O)C21. The first-order valence-corrected chi connectivity index (χ1v) is 7.28. The maximum atomic E-state index is 12.1. The Kier molecular flexibility index (Phi) is 3.08. The van der Waals surface area contributed by atoms with E-state index in [4.69, 9.17) is 0 Å². The molecule has 3 fully saturated rings. The Bertz CT molecular complexity index is 444. The minimum absolute atomic E-state index is 0.0342. The van der Waals surface area contributed by atoms with Crippen LogP contribution in [-0.4, -0.2) is 60.2 Å². The Balaban J connectivity index is 1.54. The molecule has 0 aromatic heterocycles. The second-order valence-electron chi connectivity index (χ2n) is 6.49. The largest absolute Gasteiger partial charge is 0.340 e. The Morgan fingerprint density at radius 3 is 2.30 bits per heavy atom. The number of piperidine rings is 1. The number of rotatable bonds is 3. The lowest BCUT2D eigenvalue weighted by atomic mass is 10.1. The van der Waals surface area contributed by atoms with E-state index in [-0.39, 0.29) is 47.9 Å². The molecule has 3 aliphatic rings. The minimum Gasteiger partial charge on any atom is -0.340 e. The molecule has 2 unspecified atom stereocenters. The fourth-order valence-corrected chi connectivity index (χ4v) is 3.50. The Morgan fingerprint density at radius 1 is 1.20 bits per heavy atom. The van der Waals surface area contributed by atoms with Crippen LogP contribution in [0.1, 0.15) is 20.3 Å². The van der Waals surface area contributed by atoms with Crippen LogP contribution in [0.15, 0.2) is 0 Å². The normalized spacial score (nSPS) is 31.5. The number of carbonyl (C=O) groups is 3. The van der Waals surface area contributed by atoms with Crippen LogP contribution in [0.5, 0.6) is 0 Å². The molecule has 1 saturated carbocycles. The van der Waals surface area contributed by atoms with Crippen molar-refractivity contribution >= 4 is 17.7 Å². The Hall–Kier alpha value is -1.43. The van der Waals surface area contributed by atoms with Crippen LogP contribution >= 0.6 is 0 Å². The van der Waals surface area contributed by atoms with E-state index in [9.17, 15) is 14.4 Å². The molecule has 6 heteroatoms. The fourth-order valence-electron chi connectivity index (χ4n) is 3.50. The van der Waals surface area contributed by atoms with E-state index in [2.05, 4.69) is 5.32 Å². The number of hydrogen-bond acceptors (Lipinski definition) is 4. The molecule has 1 N–H and O–H groups in total. The second kappa shape index (κ2) is 4.55. The van der Waals surface area contributed by atoms with Crippen molar-refractivity contribution in [3.63, 3.8) is 0 Å². The maximum Gasteiger partial charge on any atom is 0.233 e. The van der Waals surface area contributed by atoms with Crippen molar-refractivity contribution in [2.45, 2.75) is 20.3 Å². The van der Waals surface area contributed by atoms with Crippen LogP contribution in [0.3, 0.4) is 0 Å². The van der Waals surface area contributed by atoms with Crippen LogP contribution in [0, 0.1) is 17.3 Å². The fraction of sp³-hybridized carbons (Fsp3) is 0.786. The number of amides is 3. The number of hydrogen-bond donors (Lipinski definition) is 1. The smallest absolute Gasteiger partial charge is 0.233 e. The van der Waals surface area contributed by atoms with Gasteiger partial charge in [0, 0.05) is 39.1 Å². The van der Waals surface area contributed by atoms with Crippen molar-refractivity contribution in [2.75, 3.05) is 32.7 Å². The summed E-state index contributed by atoms with van der Waals surface area (Å²) < 4.78 is 0. The van der Waals surface area contributed by atoms with Gasteiger partial charge in [-0.05, 0) is 5.41 Å². The number of carbonyl (C=O) groups excluding carboxylic acids is 3. The van der Waals surface area contributed by atoms with Crippen molar-refractivity contribution in [1.82, 2.24) is 15.1 Å². The molecule has 6 nitrogen and oxygen atoms in total. The molecule has 3 rings (SSSR count). The third kappa shape index (κ3) is 1.93. The van der Waals surface area contributed by atoms with Gasteiger partial charge in [0.15, 0.2) is 0 Å². The van der Waals surface area contributed by atoms with Crippen molar-refractivity contribution < 1.29 is 14.4 Å². The average molecular weight is 279 g/mol. The summed E-state index contributed by atoms with van der Waals surface area (Å²) in [6.45, 7) is 7.20. The van der Waals surface area contributed by atoms with Gasteiger partial charge in [0.25, 0.3) is 0 Å². The van der Waals surface area contributed by atoms with E-state index < -0.39 is 0 Å². The van der Waals surface area contributed by atoms with Crippen LogP contribution in [0.4, 0.5) is 0 Å². The summed E-state index contributed by atoms with van der Waals surface area (Å²) in [6, 6.07) is 0. The van der Waals surface area contributed by atoms with Crippen molar-refractivity contribution in [2.24, 2.45) is 17.3 Å². The molecule has 3 amide bonds. The molecule has 1 aliphatic carbocycles. The zero-order valence-corrected chi connectivity index (χ0v) is 12.0. The Morgan fingerprint density at radius 2 is 1.75 bits per heavy atom. The van der Waals surface area contributed by atoms with Gasteiger partial charge in [0.2, 0.25) is 17.7 Å². The minimum atomic E-state index is -0.173. The van der Waals surface area contributed by atoms with Gasteiger partial charge in [-0.1, -0.05) is 13.8 Å². The molecule has 0 aromatic carbocycles. The van der Waals surface area contributed by atoms with Crippen molar-refractivity contribution in [3.05, 3.63) is 0 Å². The number of likely N-dealkylation sites (tertiary alicyclic amines) is 1. The second-order valence-corrected chi connectivity index (χ2v) is 6.49. The van der Waals surface area contributed by atoms with Gasteiger partial charge >= 0.3 is 0 Å². The summed E-state index contributed by atoms with van der Waals surface area (Å²) in [5.41, 5.74) is -0.173. The molecule has 0 aromatic rings. The number of nitrogens with one attached hydrogen (secondary N) is 1. The zero-order valence-electron chi connectivity index (χ0n) is 12.0. The predicted molar refractivity (Wildman–Crippen MR) is 71.5 cm³/mol. The van der Waals surface area contributed by atoms with Crippen molar-refractivity contribution in [1.29, 1.82) is 0 Å². The standard InChI is InChI=1S/C14H21N3O3/c1-14(2)10-11(14)13(20)17(12(10)19)6-3-9(18)16-7-4-15-5-8-16/h10-11,15H,3-8H2,1-2H3. The first kappa shape index (κ1) is 13.5. The molecular formula is C14H21N3O3. The zero-order chi connectivity index (χ0) is 14.5. The van der Waals surface area contributed by atoms with E-state index >= 15 is 0 Å². The molecule has 2 aliphatic heterocycles. The summed E-state index contributed by atoms with van der Waals surface area (Å²) in [6.07, 6.45) is 0.247. The molecule has 2 atom stereocenters. The average Bonchev–Trinajstić information content (AvgIpc) is 2.90. The van der Waals surface area contributed by atoms with Gasteiger partial charge in [-0.2, -0.15) is 0 Å². The monoisotopic (exact) mass is 279 g/mol. The van der Waals surface area contributed by atoms with E-state index in [0.717, 1.165) is 13.1 Å². The van der Waals surface area contributed by atoms with Gasteiger partial charge in [0.05, 0.1) is 11.8 Å². The van der Waals surface area contributed by atoms with E-state index in [1.54, 1.807) is 4.90 Å². The molecule has 2 heterocycles. The van der Waals surface area contributed by atoms with Gasteiger partial charge in [-0.15, -0.1) is 0 Å². The molecule has 110 valence electrons. The third-order valence-corrected chi connectivity index (χ3v) is 4.91. The van der Waals surface area contributed by atoms with Gasteiger partial charge in [0.1, 0.15) is 0 Å². The topological polar surface area (TPSA) is 69.7 Å². The highest BCUT2D eigenvalue weighted by molar-refractivity contribution is 6.10. The maximum absolute atomic E-state index is 12.1. The summed E-state index contributed by atoms with van der Waals surface area (Å²) in [5.74, 6) is -0.434. The van der Waals surface area contributed by atoms with Crippen molar-refractivity contribution in [3.8, 4) is 0 Å². The number of imide groups is 1. The quantitative estimate of drug-likeness (QED) is 0.704. The molecule has 0 spiro atoms. The summed E-state index contributed by atoms with van der Waals surface area (Å²) in [5, 5.41) is 3.19. The first-order chi connectivity index (χ1) is 9.44.